The van der Waals surface area contributed by atoms with Crippen molar-refractivity contribution in [2.45, 2.75) is 45.4 Å². The van der Waals surface area contributed by atoms with Gasteiger partial charge in [0.2, 0.25) is 0 Å². The lowest BCUT2D eigenvalue weighted by atomic mass is 9.44. The quantitative estimate of drug-likeness (QED) is 0.166. The Bertz CT molecular complexity index is 4150. The Hall–Kier alpha value is -8.02. The number of aromatic nitrogens is 1. The fourth-order valence-electron chi connectivity index (χ4n) is 12.5. The third-order valence-electron chi connectivity index (χ3n) is 15.7. The summed E-state index contributed by atoms with van der Waals surface area (Å²) in [5, 5.41) is 5.89. The number of hydrogen-bond donors (Lipinski definition) is 0. The Labute approximate surface area is 394 Å². The molecule has 1 aliphatic carbocycles. The maximum atomic E-state index is 7.21. The number of para-hydroxylation sites is 1. The molecule has 9 aromatic carbocycles. The number of benzene rings is 9. The zero-order chi connectivity index (χ0) is 45.4. The first-order valence-corrected chi connectivity index (χ1v) is 23.9. The van der Waals surface area contributed by atoms with Crippen LogP contribution in [0.4, 0.5) is 11.4 Å². The molecule has 0 atom stereocenters. The molecule has 3 aliphatic rings. The van der Waals surface area contributed by atoms with Crippen molar-refractivity contribution in [3.05, 3.63) is 199 Å². The molecule has 2 aliphatic heterocycles. The summed E-state index contributed by atoms with van der Waals surface area (Å²) >= 11 is 0. The highest BCUT2D eigenvalue weighted by Gasteiger charge is 2.46. The predicted molar refractivity (Wildman–Crippen MR) is 284 cm³/mol. The summed E-state index contributed by atoms with van der Waals surface area (Å²) in [6, 6.07) is 67.5. The van der Waals surface area contributed by atoms with Gasteiger partial charge in [-0.05, 0) is 104 Å². The molecule has 4 nitrogen and oxygen atoms in total. The third kappa shape index (κ3) is 4.95. The Morgan fingerprint density at radius 2 is 1.21 bits per heavy atom. The van der Waals surface area contributed by atoms with E-state index in [1.54, 1.807) is 0 Å². The lowest BCUT2D eigenvalue weighted by molar-refractivity contribution is 0.590. The van der Waals surface area contributed by atoms with E-state index >= 15 is 0 Å². The topological polar surface area (TPSA) is 34.5 Å². The fraction of sp³-hybridized carbons (Fsp3) is 0.111. The van der Waals surface area contributed by atoms with E-state index in [0.29, 0.717) is 0 Å². The van der Waals surface area contributed by atoms with Crippen molar-refractivity contribution in [3.63, 3.8) is 0 Å². The molecule has 0 bridgehead atoms. The summed E-state index contributed by atoms with van der Waals surface area (Å²) in [4.78, 5) is 2.60. The van der Waals surface area contributed by atoms with Crippen LogP contribution in [0.25, 0.3) is 105 Å². The van der Waals surface area contributed by atoms with Gasteiger partial charge in [0.05, 0.1) is 11.0 Å². The monoisotopic (exact) mass is 872 g/mol. The molecule has 68 heavy (non-hydrogen) atoms. The first-order valence-electron chi connectivity index (χ1n) is 23.9. The Morgan fingerprint density at radius 1 is 0.485 bits per heavy atom. The van der Waals surface area contributed by atoms with Gasteiger partial charge in [-0.2, -0.15) is 0 Å². The molecule has 322 valence electrons. The summed E-state index contributed by atoms with van der Waals surface area (Å²) in [7, 11) is 0. The van der Waals surface area contributed by atoms with Gasteiger partial charge in [0.15, 0.2) is 0 Å². The van der Waals surface area contributed by atoms with Crippen molar-refractivity contribution in [2.24, 2.45) is 0 Å². The van der Waals surface area contributed by atoms with Gasteiger partial charge in [0, 0.05) is 72.2 Å². The van der Waals surface area contributed by atoms with Gasteiger partial charge in [-0.25, -0.2) is 0 Å². The second kappa shape index (κ2) is 13.1. The van der Waals surface area contributed by atoms with Crippen LogP contribution in [0.3, 0.4) is 0 Å². The van der Waals surface area contributed by atoms with Gasteiger partial charge >= 0.3 is 6.85 Å². The maximum Gasteiger partial charge on any atom is 0.333 e. The van der Waals surface area contributed by atoms with E-state index in [-0.39, 0.29) is 17.7 Å². The van der Waals surface area contributed by atoms with E-state index < -0.39 is 0 Å². The van der Waals surface area contributed by atoms with E-state index in [9.17, 15) is 0 Å². The molecule has 5 heterocycles. The van der Waals surface area contributed by atoms with E-state index in [1.807, 2.05) is 0 Å². The Morgan fingerprint density at radius 3 is 2.00 bits per heavy atom. The lowest BCUT2D eigenvalue weighted by Gasteiger charge is -2.42. The fourth-order valence-corrected chi connectivity index (χ4v) is 12.5. The number of anilines is 2. The summed E-state index contributed by atoms with van der Waals surface area (Å²) in [6.07, 6.45) is 0. The number of nitrogens with zero attached hydrogens (tertiary/aromatic N) is 2. The van der Waals surface area contributed by atoms with Crippen LogP contribution >= 0.6 is 0 Å². The molecule has 0 saturated heterocycles. The van der Waals surface area contributed by atoms with Crippen LogP contribution in [0, 0.1) is 0 Å². The van der Waals surface area contributed by atoms with Crippen molar-refractivity contribution >= 4 is 83.9 Å². The highest BCUT2D eigenvalue weighted by atomic mass is 16.3. The van der Waals surface area contributed by atoms with Crippen LogP contribution in [0.1, 0.15) is 51.3 Å². The molecule has 15 rings (SSSR count). The average molecular weight is 873 g/mol. The van der Waals surface area contributed by atoms with Crippen LogP contribution in [-0.2, 0) is 10.8 Å². The van der Waals surface area contributed by atoms with Crippen molar-refractivity contribution in [3.8, 4) is 50.4 Å². The largest absolute Gasteiger partial charge is 0.456 e. The molecule has 0 N–H and O–H groups in total. The molecule has 0 spiro atoms. The highest BCUT2D eigenvalue weighted by molar-refractivity contribution is 6.94. The van der Waals surface area contributed by atoms with Crippen LogP contribution in [0.5, 0.6) is 0 Å². The number of hydrogen-bond acceptors (Lipinski definition) is 3. The SMILES string of the molecule is CC(C)(C)c1ccc(N2B3c4cc5oc(-c6ccccc6)c(-c6ccccc6)c5cc4-n4c5cc6c(cc5c5ccc(c3c54)-c3cc4c(cc32)oc2ccccc24)C(C)(C)c2ccccc2-6)cc1. The molecule has 0 fully saturated rings. The van der Waals surface area contributed by atoms with E-state index in [0.717, 1.165) is 66.7 Å². The van der Waals surface area contributed by atoms with Gasteiger partial charge in [0.1, 0.15) is 22.5 Å². The summed E-state index contributed by atoms with van der Waals surface area (Å²) < 4.78 is 16.5. The third-order valence-corrected chi connectivity index (χ3v) is 15.7. The summed E-state index contributed by atoms with van der Waals surface area (Å²) in [5.74, 6) is 0.877. The second-order valence-corrected chi connectivity index (χ2v) is 20.8. The first kappa shape index (κ1) is 38.1. The van der Waals surface area contributed by atoms with Gasteiger partial charge < -0.3 is 18.2 Å². The zero-order valence-corrected chi connectivity index (χ0v) is 38.6. The van der Waals surface area contributed by atoms with E-state index in [4.69, 9.17) is 8.83 Å². The minimum absolute atomic E-state index is 0.00307. The number of rotatable bonds is 3. The zero-order valence-electron chi connectivity index (χ0n) is 38.6. The summed E-state index contributed by atoms with van der Waals surface area (Å²) in [5.41, 5.74) is 23.3. The molecule has 0 amide bonds. The Balaban J connectivity index is 1.11. The van der Waals surface area contributed by atoms with E-state index in [1.165, 1.54) is 77.4 Å². The average Bonchev–Trinajstić information content (AvgIpc) is 4.08. The second-order valence-electron chi connectivity index (χ2n) is 20.8. The standard InChI is InChI=1S/C63H45BN2O2/c1-62(2,3)38-24-26-39(27-25-38)66-53-35-57-47(41-21-13-15-23-55(41)67-57)30-45(53)42-28-29-43-46-31-50-44(40-20-12-14-22-49(40)63(50,4)5)32-52(46)65-54-33-48-56(34-51(54)64(66)59(42)60(43)65)68-61(37-18-10-7-11-19-37)58(48)36-16-8-6-9-17-36/h6-35H,1-5H3. The number of furan rings is 2. The van der Waals surface area contributed by atoms with Gasteiger partial charge in [-0.15, -0.1) is 0 Å². The van der Waals surface area contributed by atoms with E-state index in [2.05, 4.69) is 226 Å². The minimum atomic E-state index is -0.200. The molecule has 5 heteroatoms. The van der Waals surface area contributed by atoms with Crippen LogP contribution in [-0.4, -0.2) is 11.4 Å². The van der Waals surface area contributed by atoms with Gasteiger partial charge in [-0.3, -0.25) is 0 Å². The maximum absolute atomic E-state index is 7.21. The normalized spacial score (nSPS) is 14.3. The molecule has 0 saturated carbocycles. The Kier molecular flexibility index (Phi) is 7.35. The van der Waals surface area contributed by atoms with Crippen LogP contribution < -0.4 is 15.7 Å². The molecule has 3 aromatic heterocycles. The lowest BCUT2D eigenvalue weighted by Crippen LogP contribution is -2.60. The predicted octanol–water partition coefficient (Wildman–Crippen LogP) is 15.6. The smallest absolute Gasteiger partial charge is 0.333 e. The van der Waals surface area contributed by atoms with Crippen LogP contribution in [0.2, 0.25) is 0 Å². The van der Waals surface area contributed by atoms with Crippen molar-refractivity contribution in [1.82, 2.24) is 4.57 Å². The molecule has 0 radical (unpaired) electrons. The van der Waals surface area contributed by atoms with Gasteiger partial charge in [0.25, 0.3) is 0 Å². The van der Waals surface area contributed by atoms with Crippen molar-refractivity contribution < 1.29 is 8.83 Å². The molecule has 0 unspecified atom stereocenters. The van der Waals surface area contributed by atoms with Crippen molar-refractivity contribution in [2.75, 3.05) is 4.81 Å². The highest BCUT2D eigenvalue weighted by Crippen LogP contribution is 2.53. The van der Waals surface area contributed by atoms with Crippen molar-refractivity contribution in [1.29, 1.82) is 0 Å². The summed E-state index contributed by atoms with van der Waals surface area (Å²) in [6.45, 7) is 11.4. The first-order chi connectivity index (χ1) is 33.1. The molecular formula is C63H45BN2O2. The van der Waals surface area contributed by atoms with Gasteiger partial charge in [-0.1, -0.05) is 162 Å². The van der Waals surface area contributed by atoms with Crippen LogP contribution in [0.15, 0.2) is 191 Å². The molecular weight excluding hydrogens is 828 g/mol. The minimum Gasteiger partial charge on any atom is -0.456 e. The molecule has 12 aromatic rings. The number of fused-ring (bicyclic) bond motifs is 15.